The summed E-state index contributed by atoms with van der Waals surface area (Å²) in [7, 11) is 0. The van der Waals surface area contributed by atoms with Crippen molar-refractivity contribution in [3.63, 3.8) is 0 Å². The first-order valence-corrected chi connectivity index (χ1v) is 9.05. The van der Waals surface area contributed by atoms with Crippen LogP contribution in [0.1, 0.15) is 36.0 Å². The van der Waals surface area contributed by atoms with E-state index in [1.165, 1.54) is 12.8 Å². The van der Waals surface area contributed by atoms with Gasteiger partial charge >= 0.3 is 0 Å². The smallest absolute Gasteiger partial charge is 0.255 e. The van der Waals surface area contributed by atoms with Gasteiger partial charge in [-0.1, -0.05) is 0 Å². The summed E-state index contributed by atoms with van der Waals surface area (Å²) in [5.74, 6) is 0.690. The fourth-order valence-electron chi connectivity index (χ4n) is 2.66. The van der Waals surface area contributed by atoms with Crippen molar-refractivity contribution >= 4 is 23.4 Å². The number of ether oxygens (including phenoxy) is 1. The summed E-state index contributed by atoms with van der Waals surface area (Å²) in [5.41, 5.74) is 1.30. The molecule has 0 aliphatic heterocycles. The number of nitrogens with one attached hydrogen (secondary N) is 1. The number of carbonyl (C=O) groups is 1. The largest absolute Gasteiger partial charge is 0.490 e. The fourth-order valence-corrected chi connectivity index (χ4v) is 3.02. The molecule has 1 aromatic heterocycles. The molecular weight excluding hydrogens is 308 g/mol. The molecule has 0 radical (unpaired) electrons. The molecule has 1 saturated carbocycles. The minimum absolute atomic E-state index is 0.142. The van der Waals surface area contributed by atoms with Crippen molar-refractivity contribution in [2.24, 2.45) is 0 Å². The second-order valence-electron chi connectivity index (χ2n) is 5.59. The van der Waals surface area contributed by atoms with E-state index in [9.17, 15) is 4.79 Å². The van der Waals surface area contributed by atoms with Crippen molar-refractivity contribution in [2.45, 2.75) is 36.8 Å². The first-order chi connectivity index (χ1) is 11.2. The Balaban J connectivity index is 1.60. The van der Waals surface area contributed by atoms with Crippen molar-refractivity contribution in [3.05, 3.63) is 48.2 Å². The predicted molar refractivity (Wildman–Crippen MR) is 93.3 cm³/mol. The van der Waals surface area contributed by atoms with Crippen LogP contribution in [0.15, 0.2) is 47.6 Å². The first kappa shape index (κ1) is 15.9. The molecule has 1 N–H and O–H groups in total. The normalized spacial score (nSPS) is 14.7. The maximum atomic E-state index is 12.2. The van der Waals surface area contributed by atoms with Crippen molar-refractivity contribution < 1.29 is 9.53 Å². The highest BCUT2D eigenvalue weighted by atomic mass is 32.2. The van der Waals surface area contributed by atoms with Gasteiger partial charge in [0.15, 0.2) is 0 Å². The van der Waals surface area contributed by atoms with Gasteiger partial charge in [0.25, 0.3) is 5.91 Å². The van der Waals surface area contributed by atoms with Crippen LogP contribution in [0.5, 0.6) is 5.75 Å². The Labute approximate surface area is 140 Å². The topological polar surface area (TPSA) is 51.2 Å². The number of hydrogen-bond donors (Lipinski definition) is 1. The number of thioether (sulfide) groups is 1. The summed E-state index contributed by atoms with van der Waals surface area (Å²) in [4.78, 5) is 16.5. The van der Waals surface area contributed by atoms with Gasteiger partial charge in [-0.2, -0.15) is 0 Å². The van der Waals surface area contributed by atoms with E-state index in [2.05, 4.69) is 10.3 Å². The number of aromatic nitrogens is 1. The molecule has 1 fully saturated rings. The molecule has 1 aliphatic carbocycles. The van der Waals surface area contributed by atoms with E-state index in [4.69, 9.17) is 4.74 Å². The minimum Gasteiger partial charge on any atom is -0.490 e. The van der Waals surface area contributed by atoms with Crippen LogP contribution in [-0.4, -0.2) is 23.3 Å². The molecule has 0 unspecified atom stereocenters. The van der Waals surface area contributed by atoms with Gasteiger partial charge in [-0.25, -0.2) is 4.98 Å². The minimum atomic E-state index is -0.142. The zero-order chi connectivity index (χ0) is 16.1. The summed E-state index contributed by atoms with van der Waals surface area (Å²) in [6.45, 7) is 0. The van der Waals surface area contributed by atoms with Crippen molar-refractivity contribution in [1.29, 1.82) is 0 Å². The quantitative estimate of drug-likeness (QED) is 0.828. The molecule has 1 heterocycles. The lowest BCUT2D eigenvalue weighted by Gasteiger charge is -2.13. The molecule has 0 atom stereocenters. The van der Waals surface area contributed by atoms with Crippen molar-refractivity contribution in [1.82, 2.24) is 4.98 Å². The van der Waals surface area contributed by atoms with Crippen LogP contribution in [-0.2, 0) is 0 Å². The van der Waals surface area contributed by atoms with E-state index >= 15 is 0 Å². The summed E-state index contributed by atoms with van der Waals surface area (Å²) in [6, 6.07) is 11.1. The number of nitrogens with zero attached hydrogens (tertiary/aromatic N) is 1. The van der Waals surface area contributed by atoms with E-state index < -0.39 is 0 Å². The zero-order valence-corrected chi connectivity index (χ0v) is 13.9. The number of rotatable bonds is 5. The van der Waals surface area contributed by atoms with Gasteiger partial charge in [0.2, 0.25) is 0 Å². The number of carbonyl (C=O) groups excluding carboxylic acids is 1. The Bertz CT molecular complexity index is 650. The van der Waals surface area contributed by atoms with Crippen LogP contribution in [0.4, 0.5) is 5.69 Å². The third-order valence-electron chi connectivity index (χ3n) is 3.92. The van der Waals surface area contributed by atoms with E-state index in [-0.39, 0.29) is 5.91 Å². The van der Waals surface area contributed by atoms with Crippen LogP contribution in [0.3, 0.4) is 0 Å². The van der Waals surface area contributed by atoms with E-state index in [1.807, 2.05) is 30.5 Å². The maximum Gasteiger partial charge on any atom is 0.255 e. The van der Waals surface area contributed by atoms with Crippen LogP contribution < -0.4 is 10.1 Å². The summed E-state index contributed by atoms with van der Waals surface area (Å²) < 4.78 is 5.91. The van der Waals surface area contributed by atoms with E-state index in [0.717, 1.165) is 23.6 Å². The maximum absolute atomic E-state index is 12.2. The van der Waals surface area contributed by atoms with Crippen LogP contribution >= 0.6 is 11.8 Å². The Morgan fingerprint density at radius 1 is 1.17 bits per heavy atom. The molecule has 1 aliphatic rings. The third-order valence-corrected chi connectivity index (χ3v) is 4.58. The molecule has 4 nitrogen and oxygen atoms in total. The van der Waals surface area contributed by atoms with E-state index in [1.54, 1.807) is 30.1 Å². The molecule has 1 aromatic carbocycles. The highest BCUT2D eigenvalue weighted by Gasteiger charge is 2.16. The molecule has 23 heavy (non-hydrogen) atoms. The monoisotopic (exact) mass is 328 g/mol. The average Bonchev–Trinajstić information content (AvgIpc) is 3.09. The number of benzene rings is 1. The third kappa shape index (κ3) is 4.26. The first-order valence-electron chi connectivity index (χ1n) is 7.83. The standard InChI is InChI=1S/C18H20N2O2S/c1-23-17-11-8-14(12-19-17)20-18(21)13-6-9-16(10-7-13)22-15-4-2-3-5-15/h6-12,15H,2-5H2,1H3,(H,20,21). The lowest BCUT2D eigenvalue weighted by atomic mass is 10.2. The van der Waals surface area contributed by atoms with Crippen molar-refractivity contribution in [3.8, 4) is 5.75 Å². The number of anilines is 1. The molecule has 120 valence electrons. The summed E-state index contributed by atoms with van der Waals surface area (Å²) >= 11 is 1.57. The van der Waals surface area contributed by atoms with Crippen molar-refractivity contribution in [2.75, 3.05) is 11.6 Å². The second kappa shape index (κ2) is 7.51. The highest BCUT2D eigenvalue weighted by Crippen LogP contribution is 2.24. The molecule has 5 heteroatoms. The van der Waals surface area contributed by atoms with Crippen LogP contribution in [0.2, 0.25) is 0 Å². The Hall–Kier alpha value is -2.01. The Kier molecular flexibility index (Phi) is 5.18. The summed E-state index contributed by atoms with van der Waals surface area (Å²) in [5, 5.41) is 3.78. The number of hydrogen-bond acceptors (Lipinski definition) is 4. The SMILES string of the molecule is CSc1ccc(NC(=O)c2ccc(OC3CCCC3)cc2)cn1. The molecule has 0 bridgehead atoms. The fraction of sp³-hybridized carbons (Fsp3) is 0.333. The molecule has 0 saturated heterocycles. The van der Waals surface area contributed by atoms with Gasteiger partial charge in [-0.3, -0.25) is 4.79 Å². The molecule has 3 rings (SSSR count). The van der Waals surface area contributed by atoms with Gasteiger partial charge < -0.3 is 10.1 Å². The highest BCUT2D eigenvalue weighted by molar-refractivity contribution is 7.98. The van der Waals surface area contributed by atoms with Gasteiger partial charge in [-0.15, -0.1) is 11.8 Å². The lowest BCUT2D eigenvalue weighted by molar-refractivity contribution is 0.102. The van der Waals surface area contributed by atoms with Gasteiger partial charge in [0, 0.05) is 5.56 Å². The van der Waals surface area contributed by atoms with E-state index in [0.29, 0.717) is 17.4 Å². The summed E-state index contributed by atoms with van der Waals surface area (Å²) in [6.07, 6.45) is 8.71. The molecular formula is C18H20N2O2S. The molecule has 0 spiro atoms. The average molecular weight is 328 g/mol. The second-order valence-corrected chi connectivity index (χ2v) is 6.42. The Morgan fingerprint density at radius 2 is 1.91 bits per heavy atom. The zero-order valence-electron chi connectivity index (χ0n) is 13.1. The predicted octanol–water partition coefficient (Wildman–Crippen LogP) is 4.38. The van der Waals surface area contributed by atoms with Gasteiger partial charge in [0.1, 0.15) is 5.75 Å². The van der Waals surface area contributed by atoms with Crippen LogP contribution in [0.25, 0.3) is 0 Å². The van der Waals surface area contributed by atoms with Gasteiger partial charge in [-0.05, 0) is 68.3 Å². The Morgan fingerprint density at radius 3 is 2.52 bits per heavy atom. The molecule has 1 amide bonds. The lowest BCUT2D eigenvalue weighted by Crippen LogP contribution is -2.13. The number of pyridine rings is 1. The van der Waals surface area contributed by atoms with Crippen LogP contribution in [0, 0.1) is 0 Å². The number of amides is 1. The molecule has 2 aromatic rings. The van der Waals surface area contributed by atoms with Gasteiger partial charge in [0.05, 0.1) is 23.0 Å².